The molecule has 2 rings (SSSR count). The Morgan fingerprint density at radius 3 is 2.88 bits per heavy atom. The molecular formula is C15H23N. The molecule has 0 radical (unpaired) electrons. The third-order valence-corrected chi connectivity index (χ3v) is 3.49. The molecule has 1 nitrogen and oxygen atoms in total. The molecule has 1 aliphatic heterocycles. The number of hydrogen-bond acceptors (Lipinski definition) is 1. The quantitative estimate of drug-likeness (QED) is 0.817. The van der Waals surface area contributed by atoms with Crippen molar-refractivity contribution in [1.29, 1.82) is 0 Å². The maximum absolute atomic E-state index is 3.66. The van der Waals surface area contributed by atoms with Gasteiger partial charge in [0.2, 0.25) is 0 Å². The van der Waals surface area contributed by atoms with Crippen LogP contribution in [0.5, 0.6) is 0 Å². The molecule has 1 aromatic rings. The lowest BCUT2D eigenvalue weighted by molar-refractivity contribution is 0.414. The van der Waals surface area contributed by atoms with Crippen molar-refractivity contribution >= 4 is 0 Å². The Morgan fingerprint density at radius 1 is 1.38 bits per heavy atom. The monoisotopic (exact) mass is 217 g/mol. The Labute approximate surface area is 99.3 Å². The van der Waals surface area contributed by atoms with E-state index >= 15 is 0 Å². The Bertz CT molecular complexity index is 354. The normalized spacial score (nSPS) is 19.9. The fourth-order valence-corrected chi connectivity index (χ4v) is 2.59. The summed E-state index contributed by atoms with van der Waals surface area (Å²) in [5.41, 5.74) is 4.58. The summed E-state index contributed by atoms with van der Waals surface area (Å²) < 4.78 is 0. The molecule has 0 amide bonds. The molecule has 0 bridgehead atoms. The van der Waals surface area contributed by atoms with E-state index in [1.54, 1.807) is 11.1 Å². The van der Waals surface area contributed by atoms with Crippen LogP contribution in [0.15, 0.2) is 18.2 Å². The lowest BCUT2D eigenvalue weighted by Gasteiger charge is -2.28. The van der Waals surface area contributed by atoms with Gasteiger partial charge in [-0.3, -0.25) is 0 Å². The Morgan fingerprint density at radius 2 is 2.19 bits per heavy atom. The Hall–Kier alpha value is -0.820. The van der Waals surface area contributed by atoms with Gasteiger partial charge in [0.15, 0.2) is 0 Å². The molecule has 1 unspecified atom stereocenters. The minimum Gasteiger partial charge on any atom is -0.310 e. The number of aryl methyl sites for hydroxylation is 1. The van der Waals surface area contributed by atoms with Crippen LogP contribution in [0.3, 0.4) is 0 Å². The van der Waals surface area contributed by atoms with Crippen LogP contribution >= 0.6 is 0 Å². The number of rotatable bonds is 3. The summed E-state index contributed by atoms with van der Waals surface area (Å²) in [5.74, 6) is 0.758. The maximum atomic E-state index is 3.66. The first-order valence-corrected chi connectivity index (χ1v) is 6.55. The van der Waals surface area contributed by atoms with Crippen molar-refractivity contribution in [2.75, 3.05) is 6.54 Å². The summed E-state index contributed by atoms with van der Waals surface area (Å²) in [6.07, 6.45) is 3.58. The van der Waals surface area contributed by atoms with Crippen molar-refractivity contribution in [2.45, 2.75) is 46.1 Å². The van der Waals surface area contributed by atoms with Crippen molar-refractivity contribution in [2.24, 2.45) is 5.92 Å². The SMILES string of the molecule is CCc1ccc2c(c1)C(CC(C)C)NCC2. The van der Waals surface area contributed by atoms with Gasteiger partial charge in [0, 0.05) is 6.04 Å². The van der Waals surface area contributed by atoms with Crippen LogP contribution in [0.2, 0.25) is 0 Å². The number of benzene rings is 1. The largest absolute Gasteiger partial charge is 0.310 e. The van der Waals surface area contributed by atoms with E-state index in [2.05, 4.69) is 44.3 Å². The van der Waals surface area contributed by atoms with E-state index in [9.17, 15) is 0 Å². The van der Waals surface area contributed by atoms with Crippen molar-refractivity contribution in [3.05, 3.63) is 34.9 Å². The lowest BCUT2D eigenvalue weighted by Crippen LogP contribution is -2.30. The van der Waals surface area contributed by atoms with Gasteiger partial charge in [-0.25, -0.2) is 0 Å². The lowest BCUT2D eigenvalue weighted by atomic mass is 9.88. The fourth-order valence-electron chi connectivity index (χ4n) is 2.59. The first kappa shape index (κ1) is 11.7. The zero-order chi connectivity index (χ0) is 11.5. The standard InChI is InChI=1S/C15H23N/c1-4-12-5-6-13-7-8-16-15(9-11(2)3)14(13)10-12/h5-6,10-11,15-16H,4,7-9H2,1-3H3. The predicted molar refractivity (Wildman–Crippen MR) is 69.7 cm³/mol. The third kappa shape index (κ3) is 2.46. The van der Waals surface area contributed by atoms with Gasteiger partial charge in [0.1, 0.15) is 0 Å². The van der Waals surface area contributed by atoms with E-state index in [4.69, 9.17) is 0 Å². The van der Waals surface area contributed by atoms with Crippen LogP contribution in [0.1, 0.15) is 49.9 Å². The molecule has 1 heteroatoms. The molecule has 88 valence electrons. The molecule has 1 atom stereocenters. The van der Waals surface area contributed by atoms with Crippen molar-refractivity contribution in [3.63, 3.8) is 0 Å². The fraction of sp³-hybridized carbons (Fsp3) is 0.600. The van der Waals surface area contributed by atoms with Crippen molar-refractivity contribution in [1.82, 2.24) is 5.32 Å². The molecule has 0 spiro atoms. The van der Waals surface area contributed by atoms with Crippen molar-refractivity contribution < 1.29 is 0 Å². The van der Waals surface area contributed by atoms with E-state index < -0.39 is 0 Å². The van der Waals surface area contributed by atoms with Gasteiger partial charge in [-0.15, -0.1) is 0 Å². The second-order valence-corrected chi connectivity index (χ2v) is 5.27. The van der Waals surface area contributed by atoms with Gasteiger partial charge in [0.05, 0.1) is 0 Å². The van der Waals surface area contributed by atoms with E-state index in [-0.39, 0.29) is 0 Å². The zero-order valence-electron chi connectivity index (χ0n) is 10.7. The van der Waals surface area contributed by atoms with E-state index in [1.165, 1.54) is 18.4 Å². The third-order valence-electron chi connectivity index (χ3n) is 3.49. The van der Waals surface area contributed by atoms with Crippen LogP contribution < -0.4 is 5.32 Å². The Kier molecular flexibility index (Phi) is 3.65. The molecule has 1 N–H and O–H groups in total. The molecule has 0 saturated carbocycles. The molecule has 1 aromatic carbocycles. The van der Waals surface area contributed by atoms with E-state index in [1.807, 2.05) is 0 Å². The first-order chi connectivity index (χ1) is 7.70. The van der Waals surface area contributed by atoms with Crippen molar-refractivity contribution in [3.8, 4) is 0 Å². The topological polar surface area (TPSA) is 12.0 Å². The van der Waals surface area contributed by atoms with Gasteiger partial charge in [-0.05, 0) is 48.4 Å². The van der Waals surface area contributed by atoms with E-state index in [0.29, 0.717) is 6.04 Å². The van der Waals surface area contributed by atoms with Crippen LogP contribution in [0, 0.1) is 5.92 Å². The van der Waals surface area contributed by atoms with Crippen LogP contribution in [-0.2, 0) is 12.8 Å². The molecule has 1 heterocycles. The molecular weight excluding hydrogens is 194 g/mol. The van der Waals surface area contributed by atoms with Gasteiger partial charge in [-0.2, -0.15) is 0 Å². The number of hydrogen-bond donors (Lipinski definition) is 1. The Balaban J connectivity index is 2.28. The smallest absolute Gasteiger partial charge is 0.0325 e. The van der Waals surface area contributed by atoms with E-state index in [0.717, 1.165) is 18.9 Å². The minimum absolute atomic E-state index is 0.579. The number of nitrogens with one attached hydrogen (secondary N) is 1. The van der Waals surface area contributed by atoms with Crippen LogP contribution in [0.25, 0.3) is 0 Å². The summed E-state index contributed by atoms with van der Waals surface area (Å²) in [7, 11) is 0. The predicted octanol–water partition coefficient (Wildman–Crippen LogP) is 3.48. The second-order valence-electron chi connectivity index (χ2n) is 5.27. The van der Waals surface area contributed by atoms with Crippen LogP contribution in [0.4, 0.5) is 0 Å². The molecule has 16 heavy (non-hydrogen) atoms. The summed E-state index contributed by atoms with van der Waals surface area (Å²) in [6, 6.07) is 7.61. The highest BCUT2D eigenvalue weighted by Crippen LogP contribution is 2.28. The maximum Gasteiger partial charge on any atom is 0.0325 e. The molecule has 0 aliphatic carbocycles. The number of fused-ring (bicyclic) bond motifs is 1. The first-order valence-electron chi connectivity index (χ1n) is 6.55. The van der Waals surface area contributed by atoms with Gasteiger partial charge in [-0.1, -0.05) is 39.0 Å². The molecule has 1 aliphatic rings. The minimum atomic E-state index is 0.579. The highest BCUT2D eigenvalue weighted by Gasteiger charge is 2.20. The van der Waals surface area contributed by atoms with Gasteiger partial charge < -0.3 is 5.32 Å². The highest BCUT2D eigenvalue weighted by atomic mass is 14.9. The van der Waals surface area contributed by atoms with Crippen LogP contribution in [-0.4, -0.2) is 6.54 Å². The molecule has 0 fully saturated rings. The summed E-state index contributed by atoms with van der Waals surface area (Å²) in [5, 5.41) is 3.66. The van der Waals surface area contributed by atoms with Gasteiger partial charge >= 0.3 is 0 Å². The average Bonchev–Trinajstić information content (AvgIpc) is 2.28. The second kappa shape index (κ2) is 5.01. The highest BCUT2D eigenvalue weighted by molar-refractivity contribution is 5.36. The zero-order valence-corrected chi connectivity index (χ0v) is 10.7. The summed E-state index contributed by atoms with van der Waals surface area (Å²) in [4.78, 5) is 0. The molecule has 0 aromatic heterocycles. The average molecular weight is 217 g/mol. The summed E-state index contributed by atoms with van der Waals surface area (Å²) >= 11 is 0. The van der Waals surface area contributed by atoms with Gasteiger partial charge in [0.25, 0.3) is 0 Å². The summed E-state index contributed by atoms with van der Waals surface area (Å²) in [6.45, 7) is 7.98. The molecule has 0 saturated heterocycles.